The summed E-state index contributed by atoms with van der Waals surface area (Å²) in [5.74, 6) is 0.966. The molecular weight excluding hydrogens is 330 g/mol. The van der Waals surface area contributed by atoms with Gasteiger partial charge in [0.1, 0.15) is 12.1 Å². The number of carbonyl (C=O) groups is 1. The third-order valence-corrected chi connectivity index (χ3v) is 5.23. The van der Waals surface area contributed by atoms with Crippen molar-refractivity contribution in [1.29, 1.82) is 0 Å². The van der Waals surface area contributed by atoms with Gasteiger partial charge in [0.15, 0.2) is 0 Å². The Kier molecular flexibility index (Phi) is 6.20. The van der Waals surface area contributed by atoms with Crippen LogP contribution in [0.2, 0.25) is 0 Å². The number of rotatable bonds is 8. The molecular formula is C19H27N5O2. The highest BCUT2D eigenvalue weighted by molar-refractivity contribution is 5.76. The van der Waals surface area contributed by atoms with Gasteiger partial charge in [0, 0.05) is 13.0 Å². The number of aromatic nitrogens is 4. The number of methoxy groups -OCH3 is 1. The van der Waals surface area contributed by atoms with Crippen LogP contribution in [0, 0.1) is 5.41 Å². The maximum atomic E-state index is 12.5. The lowest BCUT2D eigenvalue weighted by Gasteiger charge is -2.36. The van der Waals surface area contributed by atoms with E-state index in [-0.39, 0.29) is 11.3 Å². The van der Waals surface area contributed by atoms with Gasteiger partial charge in [0.05, 0.1) is 13.7 Å². The van der Waals surface area contributed by atoms with Crippen molar-refractivity contribution < 1.29 is 9.53 Å². The molecule has 0 spiro atoms. The summed E-state index contributed by atoms with van der Waals surface area (Å²) in [6.07, 6.45) is 8.68. The van der Waals surface area contributed by atoms with Crippen LogP contribution in [-0.2, 0) is 17.8 Å². The Hall–Kier alpha value is -2.44. The van der Waals surface area contributed by atoms with Gasteiger partial charge in [-0.15, -0.1) is 5.10 Å². The first-order valence-electron chi connectivity index (χ1n) is 9.30. The van der Waals surface area contributed by atoms with Crippen molar-refractivity contribution in [3.63, 3.8) is 0 Å². The fourth-order valence-electron chi connectivity index (χ4n) is 3.83. The van der Waals surface area contributed by atoms with Crippen molar-refractivity contribution in [1.82, 2.24) is 25.5 Å². The lowest BCUT2D eigenvalue weighted by Crippen LogP contribution is -2.37. The highest BCUT2D eigenvalue weighted by atomic mass is 16.5. The van der Waals surface area contributed by atoms with E-state index in [9.17, 15) is 4.79 Å². The summed E-state index contributed by atoms with van der Waals surface area (Å²) in [6.45, 7) is 1.36. The molecule has 2 aromatic rings. The Balaban J connectivity index is 1.50. The molecule has 1 aromatic heterocycles. The van der Waals surface area contributed by atoms with Crippen molar-refractivity contribution in [3.8, 4) is 5.75 Å². The number of hydrogen-bond donors (Lipinski definition) is 1. The van der Waals surface area contributed by atoms with Crippen molar-refractivity contribution in [2.45, 2.75) is 51.5 Å². The third kappa shape index (κ3) is 5.03. The third-order valence-electron chi connectivity index (χ3n) is 5.23. The van der Waals surface area contributed by atoms with E-state index in [0.717, 1.165) is 25.0 Å². The monoisotopic (exact) mass is 357 g/mol. The van der Waals surface area contributed by atoms with Crippen LogP contribution >= 0.6 is 0 Å². The first-order chi connectivity index (χ1) is 12.7. The van der Waals surface area contributed by atoms with Crippen LogP contribution in [-0.4, -0.2) is 39.8 Å². The number of ether oxygens (including phenoxy) is 1. The maximum absolute atomic E-state index is 12.5. The minimum atomic E-state index is -0.0299. The molecule has 0 saturated heterocycles. The van der Waals surface area contributed by atoms with E-state index in [1.165, 1.54) is 24.8 Å². The molecule has 1 aliphatic carbocycles. The van der Waals surface area contributed by atoms with Crippen molar-refractivity contribution in [2.24, 2.45) is 5.41 Å². The topological polar surface area (TPSA) is 81.9 Å². The largest absolute Gasteiger partial charge is 0.497 e. The van der Waals surface area contributed by atoms with E-state index < -0.39 is 0 Å². The molecule has 1 aliphatic rings. The van der Waals surface area contributed by atoms with Crippen LogP contribution in [0.5, 0.6) is 5.75 Å². The molecule has 1 heterocycles. The molecule has 7 nitrogen and oxygen atoms in total. The molecule has 0 bridgehead atoms. The van der Waals surface area contributed by atoms with Crippen LogP contribution < -0.4 is 10.1 Å². The molecule has 0 radical (unpaired) electrons. The zero-order chi connectivity index (χ0) is 18.2. The van der Waals surface area contributed by atoms with Crippen LogP contribution in [0.25, 0.3) is 0 Å². The SMILES string of the molecule is COc1ccc(CCNC(=O)CC2(Cn3cnnn3)CCCCC2)cc1. The van der Waals surface area contributed by atoms with Gasteiger partial charge in [0.2, 0.25) is 5.91 Å². The van der Waals surface area contributed by atoms with Gasteiger partial charge in [-0.3, -0.25) is 4.79 Å². The molecule has 1 amide bonds. The van der Waals surface area contributed by atoms with E-state index in [1.54, 1.807) is 18.1 Å². The second-order valence-corrected chi connectivity index (χ2v) is 7.19. The number of tetrazole rings is 1. The standard InChI is InChI=1S/C19H27N5O2/c1-26-17-7-5-16(6-8-17)9-12-20-18(25)13-19(10-3-2-4-11-19)14-24-15-21-22-23-24/h5-8,15H,2-4,9-14H2,1H3,(H,20,25). The van der Waals surface area contributed by atoms with E-state index in [1.807, 2.05) is 24.3 Å². The average Bonchev–Trinajstić information content (AvgIpc) is 3.15. The summed E-state index contributed by atoms with van der Waals surface area (Å²) in [6, 6.07) is 7.96. The first-order valence-corrected chi connectivity index (χ1v) is 9.30. The highest BCUT2D eigenvalue weighted by Gasteiger charge is 2.35. The van der Waals surface area contributed by atoms with E-state index in [0.29, 0.717) is 19.5 Å². The normalized spacial score (nSPS) is 16.2. The van der Waals surface area contributed by atoms with Crippen LogP contribution in [0.4, 0.5) is 0 Å². The summed E-state index contributed by atoms with van der Waals surface area (Å²) in [7, 11) is 1.66. The molecule has 1 saturated carbocycles. The summed E-state index contributed by atoms with van der Waals surface area (Å²) >= 11 is 0. The number of amides is 1. The Morgan fingerprint density at radius 3 is 2.65 bits per heavy atom. The van der Waals surface area contributed by atoms with Crippen LogP contribution in [0.1, 0.15) is 44.1 Å². The summed E-state index contributed by atoms with van der Waals surface area (Å²) < 4.78 is 6.92. The summed E-state index contributed by atoms with van der Waals surface area (Å²) in [5.41, 5.74) is 1.16. The second kappa shape index (κ2) is 8.78. The molecule has 3 rings (SSSR count). The Morgan fingerprint density at radius 2 is 2.00 bits per heavy atom. The van der Waals surface area contributed by atoms with Gasteiger partial charge in [-0.25, -0.2) is 4.68 Å². The quantitative estimate of drug-likeness (QED) is 0.784. The number of nitrogens with zero attached hydrogens (tertiary/aromatic N) is 4. The first kappa shape index (κ1) is 18.4. The lowest BCUT2D eigenvalue weighted by molar-refractivity contribution is -0.124. The molecule has 26 heavy (non-hydrogen) atoms. The van der Waals surface area contributed by atoms with Gasteiger partial charge < -0.3 is 10.1 Å². The minimum absolute atomic E-state index is 0.0299. The fraction of sp³-hybridized carbons (Fsp3) is 0.579. The van der Waals surface area contributed by atoms with Gasteiger partial charge in [-0.2, -0.15) is 0 Å². The Morgan fingerprint density at radius 1 is 1.23 bits per heavy atom. The van der Waals surface area contributed by atoms with Crippen molar-refractivity contribution >= 4 is 5.91 Å². The number of benzene rings is 1. The zero-order valence-corrected chi connectivity index (χ0v) is 15.4. The Labute approximate surface area is 154 Å². The zero-order valence-electron chi connectivity index (χ0n) is 15.4. The number of nitrogens with one attached hydrogen (secondary N) is 1. The lowest BCUT2D eigenvalue weighted by atomic mass is 9.71. The van der Waals surface area contributed by atoms with E-state index in [4.69, 9.17) is 4.74 Å². The molecule has 0 unspecified atom stereocenters. The predicted octanol–water partition coefficient (Wildman–Crippen LogP) is 2.38. The molecule has 1 N–H and O–H groups in total. The molecule has 140 valence electrons. The van der Waals surface area contributed by atoms with Gasteiger partial charge in [-0.05, 0) is 52.8 Å². The van der Waals surface area contributed by atoms with Gasteiger partial charge >= 0.3 is 0 Å². The Bertz CT molecular complexity index is 678. The van der Waals surface area contributed by atoms with Crippen LogP contribution in [0.15, 0.2) is 30.6 Å². The van der Waals surface area contributed by atoms with Crippen LogP contribution in [0.3, 0.4) is 0 Å². The summed E-state index contributed by atoms with van der Waals surface area (Å²) in [5, 5.41) is 14.5. The smallest absolute Gasteiger partial charge is 0.220 e. The minimum Gasteiger partial charge on any atom is -0.497 e. The molecule has 0 aliphatic heterocycles. The fourth-order valence-corrected chi connectivity index (χ4v) is 3.83. The van der Waals surface area contributed by atoms with E-state index in [2.05, 4.69) is 20.8 Å². The number of carbonyl (C=O) groups excluding carboxylic acids is 1. The molecule has 7 heteroatoms. The van der Waals surface area contributed by atoms with E-state index >= 15 is 0 Å². The number of hydrogen-bond acceptors (Lipinski definition) is 5. The maximum Gasteiger partial charge on any atom is 0.220 e. The molecule has 0 atom stereocenters. The van der Waals surface area contributed by atoms with Crippen molar-refractivity contribution in [2.75, 3.05) is 13.7 Å². The predicted molar refractivity (Wildman–Crippen MR) is 97.7 cm³/mol. The second-order valence-electron chi connectivity index (χ2n) is 7.19. The summed E-state index contributed by atoms with van der Waals surface area (Å²) in [4.78, 5) is 12.5. The van der Waals surface area contributed by atoms with Gasteiger partial charge in [-0.1, -0.05) is 31.4 Å². The highest BCUT2D eigenvalue weighted by Crippen LogP contribution is 2.40. The molecule has 1 fully saturated rings. The van der Waals surface area contributed by atoms with Crippen molar-refractivity contribution in [3.05, 3.63) is 36.2 Å². The molecule has 1 aromatic carbocycles. The van der Waals surface area contributed by atoms with Gasteiger partial charge in [0.25, 0.3) is 0 Å². The average molecular weight is 357 g/mol.